The number of benzene rings is 2. The summed E-state index contributed by atoms with van der Waals surface area (Å²) >= 11 is 0. The van der Waals surface area contributed by atoms with Crippen LogP contribution in [0.15, 0.2) is 36.4 Å². The maximum atomic E-state index is 5.82. The molecule has 0 aliphatic carbocycles. The standard InChI is InChI=1S/C18H22N2O5/c19-13-1-3-15-17(11-13)24-9-10-25-18-12-14(20)2-4-16(18)23-8-6-21-5-7-22-15/h1-4,11-12H,5-10,19-20H2. The highest BCUT2D eigenvalue weighted by atomic mass is 16.6. The summed E-state index contributed by atoms with van der Waals surface area (Å²) in [7, 11) is 0. The van der Waals surface area contributed by atoms with Crippen molar-refractivity contribution in [3.8, 4) is 23.0 Å². The Morgan fingerprint density at radius 2 is 0.920 bits per heavy atom. The molecule has 0 fully saturated rings. The van der Waals surface area contributed by atoms with E-state index in [1.54, 1.807) is 36.4 Å². The van der Waals surface area contributed by atoms with Gasteiger partial charge in [-0.3, -0.25) is 0 Å². The van der Waals surface area contributed by atoms with E-state index in [0.29, 0.717) is 74.0 Å². The first-order valence-electron chi connectivity index (χ1n) is 8.10. The van der Waals surface area contributed by atoms with Gasteiger partial charge >= 0.3 is 0 Å². The van der Waals surface area contributed by atoms with E-state index in [0.717, 1.165) is 0 Å². The van der Waals surface area contributed by atoms with Crippen molar-refractivity contribution in [1.82, 2.24) is 0 Å². The zero-order valence-electron chi connectivity index (χ0n) is 13.9. The topological polar surface area (TPSA) is 98.2 Å². The number of rotatable bonds is 0. The molecule has 2 aromatic rings. The number of ether oxygens (including phenoxy) is 5. The molecule has 0 bridgehead atoms. The summed E-state index contributed by atoms with van der Waals surface area (Å²) < 4.78 is 28.4. The summed E-state index contributed by atoms with van der Waals surface area (Å²) in [5.41, 5.74) is 12.8. The monoisotopic (exact) mass is 346 g/mol. The molecule has 0 aromatic heterocycles. The first kappa shape index (κ1) is 17.0. The van der Waals surface area contributed by atoms with E-state index in [1.807, 2.05) is 0 Å². The fourth-order valence-electron chi connectivity index (χ4n) is 2.34. The number of fused-ring (bicyclic) bond motifs is 2. The van der Waals surface area contributed by atoms with E-state index in [4.69, 9.17) is 35.2 Å². The summed E-state index contributed by atoms with van der Waals surface area (Å²) in [6.45, 7) is 2.35. The molecular formula is C18H22N2O5. The van der Waals surface area contributed by atoms with Crippen molar-refractivity contribution in [2.45, 2.75) is 0 Å². The molecule has 25 heavy (non-hydrogen) atoms. The van der Waals surface area contributed by atoms with E-state index in [-0.39, 0.29) is 0 Å². The Bertz CT molecular complexity index is 648. The van der Waals surface area contributed by atoms with Crippen molar-refractivity contribution >= 4 is 11.4 Å². The molecule has 1 heterocycles. The highest BCUT2D eigenvalue weighted by Crippen LogP contribution is 2.31. The minimum Gasteiger partial charge on any atom is -0.487 e. The highest BCUT2D eigenvalue weighted by Gasteiger charge is 2.09. The third kappa shape index (κ3) is 4.84. The van der Waals surface area contributed by atoms with Gasteiger partial charge in [-0.15, -0.1) is 0 Å². The van der Waals surface area contributed by atoms with Gasteiger partial charge in [-0.2, -0.15) is 0 Å². The second-order valence-corrected chi connectivity index (χ2v) is 5.42. The molecule has 1 aliphatic rings. The Morgan fingerprint density at radius 3 is 1.40 bits per heavy atom. The van der Waals surface area contributed by atoms with Crippen molar-refractivity contribution in [3.05, 3.63) is 36.4 Å². The van der Waals surface area contributed by atoms with Gasteiger partial charge in [-0.05, 0) is 24.3 Å². The smallest absolute Gasteiger partial charge is 0.163 e. The molecule has 134 valence electrons. The maximum Gasteiger partial charge on any atom is 0.163 e. The van der Waals surface area contributed by atoms with Gasteiger partial charge in [0.05, 0.1) is 13.2 Å². The molecular weight excluding hydrogens is 324 g/mol. The summed E-state index contributed by atoms with van der Waals surface area (Å²) in [5.74, 6) is 2.38. The lowest BCUT2D eigenvalue weighted by atomic mass is 10.3. The molecule has 0 atom stereocenters. The number of hydrogen-bond acceptors (Lipinski definition) is 7. The van der Waals surface area contributed by atoms with Gasteiger partial charge in [0.2, 0.25) is 0 Å². The minimum absolute atomic E-state index is 0.324. The van der Waals surface area contributed by atoms with Gasteiger partial charge in [-0.1, -0.05) is 0 Å². The quantitative estimate of drug-likeness (QED) is 0.705. The lowest BCUT2D eigenvalue weighted by molar-refractivity contribution is 0.0754. The zero-order valence-corrected chi connectivity index (χ0v) is 13.9. The number of nitrogens with two attached hydrogens (primary N) is 2. The Hall–Kier alpha value is -2.80. The predicted octanol–water partition coefficient (Wildman–Crippen LogP) is 2.10. The Morgan fingerprint density at radius 1 is 0.520 bits per heavy atom. The molecule has 0 radical (unpaired) electrons. The predicted molar refractivity (Wildman–Crippen MR) is 94.5 cm³/mol. The SMILES string of the molecule is Nc1ccc2c(c1)OCCOc1cc(N)ccc1OCCOCCO2. The van der Waals surface area contributed by atoms with Crippen LogP contribution < -0.4 is 30.4 Å². The van der Waals surface area contributed by atoms with E-state index >= 15 is 0 Å². The molecule has 7 nitrogen and oxygen atoms in total. The lowest BCUT2D eigenvalue weighted by Gasteiger charge is -2.14. The fraction of sp³-hybridized carbons (Fsp3) is 0.333. The van der Waals surface area contributed by atoms with E-state index in [1.165, 1.54) is 0 Å². The molecule has 2 aromatic carbocycles. The Labute approximate surface area is 146 Å². The van der Waals surface area contributed by atoms with E-state index in [2.05, 4.69) is 0 Å². The van der Waals surface area contributed by atoms with Gasteiger partial charge < -0.3 is 35.2 Å². The van der Waals surface area contributed by atoms with E-state index in [9.17, 15) is 0 Å². The molecule has 0 unspecified atom stereocenters. The van der Waals surface area contributed by atoms with Crippen molar-refractivity contribution in [2.75, 3.05) is 51.1 Å². The van der Waals surface area contributed by atoms with Gasteiger partial charge in [0.25, 0.3) is 0 Å². The molecule has 0 saturated heterocycles. The van der Waals surface area contributed by atoms with E-state index < -0.39 is 0 Å². The number of anilines is 2. The average molecular weight is 346 g/mol. The van der Waals surface area contributed by atoms with Crippen LogP contribution >= 0.6 is 0 Å². The summed E-state index contributed by atoms with van der Waals surface area (Å²) in [6, 6.07) is 10.5. The molecule has 0 amide bonds. The van der Waals surface area contributed by atoms with Crippen LogP contribution in [0.25, 0.3) is 0 Å². The molecule has 1 aliphatic heterocycles. The summed E-state index contributed by atoms with van der Waals surface area (Å²) in [5, 5.41) is 0. The second-order valence-electron chi connectivity index (χ2n) is 5.42. The number of nitrogen functional groups attached to an aromatic ring is 2. The average Bonchev–Trinajstić information content (AvgIpc) is 2.60. The van der Waals surface area contributed by atoms with Crippen molar-refractivity contribution < 1.29 is 23.7 Å². The van der Waals surface area contributed by atoms with Crippen molar-refractivity contribution in [2.24, 2.45) is 0 Å². The van der Waals surface area contributed by atoms with Crippen LogP contribution in [-0.2, 0) is 4.74 Å². The lowest BCUT2D eigenvalue weighted by Crippen LogP contribution is -2.12. The molecule has 4 N–H and O–H groups in total. The molecule has 3 rings (SSSR count). The largest absolute Gasteiger partial charge is 0.487 e. The maximum absolute atomic E-state index is 5.82. The Kier molecular flexibility index (Phi) is 5.69. The van der Waals surface area contributed by atoms with Crippen LogP contribution in [0.3, 0.4) is 0 Å². The normalized spacial score (nSPS) is 15.7. The van der Waals surface area contributed by atoms with Crippen molar-refractivity contribution in [1.29, 1.82) is 0 Å². The third-order valence-electron chi connectivity index (χ3n) is 3.50. The summed E-state index contributed by atoms with van der Waals surface area (Å²) in [4.78, 5) is 0. The van der Waals surface area contributed by atoms with Gasteiger partial charge in [0, 0.05) is 23.5 Å². The second kappa shape index (κ2) is 8.34. The third-order valence-corrected chi connectivity index (χ3v) is 3.50. The van der Waals surface area contributed by atoms with Gasteiger partial charge in [-0.25, -0.2) is 0 Å². The van der Waals surface area contributed by atoms with Gasteiger partial charge in [0.15, 0.2) is 23.0 Å². The minimum atomic E-state index is 0.324. The summed E-state index contributed by atoms with van der Waals surface area (Å²) in [6.07, 6.45) is 0. The van der Waals surface area contributed by atoms with Crippen LogP contribution in [0.5, 0.6) is 23.0 Å². The fourth-order valence-corrected chi connectivity index (χ4v) is 2.34. The first-order valence-corrected chi connectivity index (χ1v) is 8.10. The van der Waals surface area contributed by atoms with Crippen LogP contribution in [0.1, 0.15) is 0 Å². The highest BCUT2D eigenvalue weighted by molar-refractivity contribution is 5.53. The van der Waals surface area contributed by atoms with Gasteiger partial charge in [0.1, 0.15) is 26.4 Å². The van der Waals surface area contributed by atoms with Crippen LogP contribution in [-0.4, -0.2) is 39.6 Å². The Balaban J connectivity index is 1.73. The van der Waals surface area contributed by atoms with Crippen LogP contribution in [0.2, 0.25) is 0 Å². The van der Waals surface area contributed by atoms with Crippen LogP contribution in [0.4, 0.5) is 11.4 Å². The first-order chi connectivity index (χ1) is 12.2. The van der Waals surface area contributed by atoms with Crippen molar-refractivity contribution in [3.63, 3.8) is 0 Å². The van der Waals surface area contributed by atoms with Crippen LogP contribution in [0, 0.1) is 0 Å². The molecule has 0 saturated carbocycles. The molecule has 7 heteroatoms. The number of hydrogen-bond donors (Lipinski definition) is 2. The molecule has 0 spiro atoms. The zero-order chi connectivity index (χ0) is 17.5.